The molecule has 0 bridgehead atoms. The minimum absolute atomic E-state index is 0.399. The molecule has 0 atom stereocenters. The van der Waals surface area contributed by atoms with Crippen molar-refractivity contribution in [1.82, 2.24) is 0 Å². The number of aromatic hydroxyl groups is 1. The van der Waals surface area contributed by atoms with Crippen LogP contribution in [0.1, 0.15) is 5.56 Å². The fraction of sp³-hybridized carbons (Fsp3) is 0.200. The molecule has 2 aromatic rings. The molecule has 0 saturated carbocycles. The zero-order chi connectivity index (χ0) is 9.42. The maximum atomic E-state index is 9.38. The van der Waals surface area contributed by atoms with Gasteiger partial charge in [0.05, 0.1) is 0 Å². The number of hydrogen-bond acceptors (Lipinski definition) is 3. The van der Waals surface area contributed by atoms with Crippen LogP contribution >= 0.6 is 23.1 Å². The number of thiophene rings is 1. The Morgan fingerprint density at radius 2 is 2.15 bits per heavy atom. The average molecular weight is 210 g/mol. The lowest BCUT2D eigenvalue weighted by Crippen LogP contribution is -1.77. The van der Waals surface area contributed by atoms with Gasteiger partial charge in [-0.2, -0.15) is 0 Å². The van der Waals surface area contributed by atoms with Gasteiger partial charge in [-0.1, -0.05) is 17.4 Å². The Morgan fingerprint density at radius 3 is 2.85 bits per heavy atom. The van der Waals surface area contributed by atoms with Gasteiger partial charge in [-0.3, -0.25) is 0 Å². The van der Waals surface area contributed by atoms with E-state index in [0.29, 0.717) is 5.06 Å². The van der Waals surface area contributed by atoms with Crippen LogP contribution in [0.4, 0.5) is 0 Å². The highest BCUT2D eigenvalue weighted by atomic mass is 32.2. The van der Waals surface area contributed by atoms with Crippen molar-refractivity contribution in [3.05, 3.63) is 23.8 Å². The molecule has 13 heavy (non-hydrogen) atoms. The molecular formula is C10H10OS2. The molecule has 0 unspecified atom stereocenters. The summed E-state index contributed by atoms with van der Waals surface area (Å²) in [6.45, 7) is 2.10. The molecule has 1 heterocycles. The second-order valence-electron chi connectivity index (χ2n) is 2.91. The van der Waals surface area contributed by atoms with Gasteiger partial charge in [0.25, 0.3) is 0 Å². The fourth-order valence-corrected chi connectivity index (χ4v) is 3.11. The van der Waals surface area contributed by atoms with Crippen LogP contribution in [0.25, 0.3) is 10.1 Å². The first-order valence-electron chi connectivity index (χ1n) is 3.98. The molecule has 0 aliphatic carbocycles. The van der Waals surface area contributed by atoms with Crippen LogP contribution in [0.15, 0.2) is 23.1 Å². The topological polar surface area (TPSA) is 20.2 Å². The SMILES string of the molecule is CSc1c(C)ccc2sc(O)cc12. The van der Waals surface area contributed by atoms with E-state index in [0.717, 1.165) is 4.70 Å². The van der Waals surface area contributed by atoms with Crippen LogP contribution in [0, 0.1) is 6.92 Å². The van der Waals surface area contributed by atoms with Gasteiger partial charge in [0.15, 0.2) is 5.06 Å². The molecule has 0 aliphatic heterocycles. The van der Waals surface area contributed by atoms with Gasteiger partial charge in [0.2, 0.25) is 0 Å². The van der Waals surface area contributed by atoms with E-state index in [1.165, 1.54) is 27.2 Å². The summed E-state index contributed by atoms with van der Waals surface area (Å²) in [5.41, 5.74) is 1.28. The Labute approximate surface area is 85.4 Å². The summed E-state index contributed by atoms with van der Waals surface area (Å²) in [6, 6.07) is 6.01. The summed E-state index contributed by atoms with van der Waals surface area (Å²) in [5.74, 6) is 0. The number of benzene rings is 1. The van der Waals surface area contributed by atoms with Gasteiger partial charge in [0.1, 0.15) is 0 Å². The fourth-order valence-electron chi connectivity index (χ4n) is 1.45. The first kappa shape index (κ1) is 8.91. The van der Waals surface area contributed by atoms with Gasteiger partial charge in [-0.15, -0.1) is 11.8 Å². The number of hydrogen-bond donors (Lipinski definition) is 1. The summed E-state index contributed by atoms with van der Waals surface area (Å²) in [5, 5.41) is 11.0. The Morgan fingerprint density at radius 1 is 1.38 bits per heavy atom. The lowest BCUT2D eigenvalue weighted by Gasteiger charge is -2.02. The third-order valence-electron chi connectivity index (χ3n) is 2.04. The van der Waals surface area contributed by atoms with Crippen molar-refractivity contribution < 1.29 is 5.11 Å². The Bertz CT molecular complexity index is 445. The van der Waals surface area contributed by atoms with Gasteiger partial charge in [0, 0.05) is 21.0 Å². The van der Waals surface area contributed by atoms with E-state index < -0.39 is 0 Å². The highest BCUT2D eigenvalue weighted by Gasteiger charge is 2.06. The van der Waals surface area contributed by atoms with Crippen molar-refractivity contribution in [2.45, 2.75) is 11.8 Å². The van der Waals surface area contributed by atoms with E-state index in [1.807, 2.05) is 6.07 Å². The molecule has 1 N–H and O–H groups in total. The molecule has 0 aliphatic rings. The molecule has 0 radical (unpaired) electrons. The summed E-state index contributed by atoms with van der Waals surface area (Å²) in [7, 11) is 0. The minimum Gasteiger partial charge on any atom is -0.499 e. The molecule has 1 aromatic carbocycles. The lowest BCUT2D eigenvalue weighted by molar-refractivity contribution is 0.491. The molecule has 2 rings (SSSR count). The number of rotatable bonds is 1. The summed E-state index contributed by atoms with van der Waals surface area (Å²) in [6.07, 6.45) is 2.07. The maximum Gasteiger partial charge on any atom is 0.172 e. The zero-order valence-corrected chi connectivity index (χ0v) is 9.13. The van der Waals surface area contributed by atoms with E-state index in [9.17, 15) is 5.11 Å². The second-order valence-corrected chi connectivity index (χ2v) is 4.79. The minimum atomic E-state index is 0.399. The number of fused-ring (bicyclic) bond motifs is 1. The van der Waals surface area contributed by atoms with Gasteiger partial charge in [-0.05, 0) is 24.8 Å². The smallest absolute Gasteiger partial charge is 0.172 e. The Balaban J connectivity index is 2.82. The molecule has 0 amide bonds. The third kappa shape index (κ3) is 1.42. The van der Waals surface area contributed by atoms with Crippen molar-refractivity contribution >= 4 is 33.2 Å². The molecule has 68 valence electrons. The highest BCUT2D eigenvalue weighted by Crippen LogP contribution is 2.37. The normalized spacial score (nSPS) is 10.9. The molecule has 0 saturated heterocycles. The van der Waals surface area contributed by atoms with Crippen LogP contribution in [0.5, 0.6) is 5.06 Å². The van der Waals surface area contributed by atoms with Crippen LogP contribution in [0.3, 0.4) is 0 Å². The van der Waals surface area contributed by atoms with E-state index >= 15 is 0 Å². The molecule has 0 fully saturated rings. The van der Waals surface area contributed by atoms with Crippen LogP contribution < -0.4 is 0 Å². The highest BCUT2D eigenvalue weighted by molar-refractivity contribution is 7.98. The van der Waals surface area contributed by atoms with Crippen molar-refractivity contribution in [2.75, 3.05) is 6.26 Å². The first-order chi connectivity index (χ1) is 6.22. The predicted octanol–water partition coefficient (Wildman–Crippen LogP) is 3.64. The lowest BCUT2D eigenvalue weighted by atomic mass is 10.2. The number of thioether (sulfide) groups is 1. The van der Waals surface area contributed by atoms with Crippen molar-refractivity contribution in [1.29, 1.82) is 0 Å². The molecule has 1 aromatic heterocycles. The van der Waals surface area contributed by atoms with E-state index in [-0.39, 0.29) is 0 Å². The van der Waals surface area contributed by atoms with E-state index in [1.54, 1.807) is 11.8 Å². The zero-order valence-electron chi connectivity index (χ0n) is 7.50. The standard InChI is InChI=1S/C10H10OS2/c1-6-3-4-8-7(10(6)12-2)5-9(11)13-8/h3-5,11H,1-2H3. The van der Waals surface area contributed by atoms with Crippen LogP contribution in [0.2, 0.25) is 0 Å². The monoisotopic (exact) mass is 210 g/mol. The van der Waals surface area contributed by atoms with Crippen molar-refractivity contribution in [3.8, 4) is 5.06 Å². The third-order valence-corrected chi connectivity index (χ3v) is 3.89. The Hall–Kier alpha value is -0.670. The molecule has 0 spiro atoms. The van der Waals surface area contributed by atoms with Gasteiger partial charge in [-0.25, -0.2) is 0 Å². The van der Waals surface area contributed by atoms with Crippen LogP contribution in [-0.2, 0) is 0 Å². The van der Waals surface area contributed by atoms with Crippen molar-refractivity contribution in [3.63, 3.8) is 0 Å². The number of aryl methyl sites for hydroxylation is 1. The summed E-state index contributed by atoms with van der Waals surface area (Å²) >= 11 is 3.17. The van der Waals surface area contributed by atoms with Gasteiger partial charge >= 0.3 is 0 Å². The maximum absolute atomic E-state index is 9.38. The molecule has 3 heteroatoms. The first-order valence-corrected chi connectivity index (χ1v) is 6.02. The van der Waals surface area contributed by atoms with Crippen molar-refractivity contribution in [2.24, 2.45) is 0 Å². The van der Waals surface area contributed by atoms with E-state index in [4.69, 9.17) is 0 Å². The quantitative estimate of drug-likeness (QED) is 0.725. The largest absolute Gasteiger partial charge is 0.499 e. The predicted molar refractivity (Wildman–Crippen MR) is 60.0 cm³/mol. The summed E-state index contributed by atoms with van der Waals surface area (Å²) < 4.78 is 1.16. The molecule has 1 nitrogen and oxygen atoms in total. The van der Waals surface area contributed by atoms with Gasteiger partial charge < -0.3 is 5.11 Å². The summed E-state index contributed by atoms with van der Waals surface area (Å²) in [4.78, 5) is 1.27. The second kappa shape index (κ2) is 3.24. The average Bonchev–Trinajstić information content (AvgIpc) is 2.45. The Kier molecular flexibility index (Phi) is 2.22. The van der Waals surface area contributed by atoms with Crippen LogP contribution in [-0.4, -0.2) is 11.4 Å². The molecular weight excluding hydrogens is 200 g/mol. The van der Waals surface area contributed by atoms with E-state index in [2.05, 4.69) is 25.3 Å².